The third-order valence-corrected chi connectivity index (χ3v) is 3.07. The average Bonchev–Trinajstić information content (AvgIpc) is 2.64. The van der Waals surface area contributed by atoms with E-state index in [0.717, 1.165) is 15.8 Å². The average molecular weight is 233 g/mol. The van der Waals surface area contributed by atoms with Crippen molar-refractivity contribution in [2.45, 2.75) is 19.8 Å². The summed E-state index contributed by atoms with van der Waals surface area (Å²) in [5.41, 5.74) is 8.00. The van der Waals surface area contributed by atoms with Crippen LogP contribution in [-0.2, 0) is 0 Å². The molecule has 0 saturated heterocycles. The van der Waals surface area contributed by atoms with E-state index >= 15 is 0 Å². The summed E-state index contributed by atoms with van der Waals surface area (Å²) in [6, 6.07) is 8.35. The largest absolute Gasteiger partial charge is 0.389 e. The molecule has 1 heterocycles. The zero-order chi connectivity index (χ0) is 11.5. The van der Waals surface area contributed by atoms with Crippen molar-refractivity contribution in [1.29, 1.82) is 0 Å². The van der Waals surface area contributed by atoms with Crippen LogP contribution in [-0.4, -0.2) is 4.98 Å². The predicted octanol–water partition coefficient (Wildman–Crippen LogP) is 3.59. The van der Waals surface area contributed by atoms with Gasteiger partial charge in [-0.05, 0) is 23.6 Å². The second-order valence-electron chi connectivity index (χ2n) is 3.97. The molecule has 84 valence electrons. The van der Waals surface area contributed by atoms with E-state index < -0.39 is 0 Å². The Labute approximate surface area is 99.3 Å². The van der Waals surface area contributed by atoms with Gasteiger partial charge in [-0.3, -0.25) is 0 Å². The standard InChI is InChI=1S/C12H15N3S/c1-8(2)9-4-3-5-10(6-9)15-12-14-7-11(13)16-12/h3-8H,13H2,1-2H3,(H,14,15). The third-order valence-electron chi connectivity index (χ3n) is 2.33. The SMILES string of the molecule is CC(C)c1cccc(Nc2ncc(N)s2)c1. The molecule has 1 aromatic carbocycles. The van der Waals surface area contributed by atoms with Crippen molar-refractivity contribution in [2.75, 3.05) is 11.1 Å². The van der Waals surface area contributed by atoms with Gasteiger partial charge in [0.1, 0.15) is 5.00 Å². The molecule has 0 amide bonds. The van der Waals surface area contributed by atoms with Gasteiger partial charge in [0.15, 0.2) is 5.13 Å². The van der Waals surface area contributed by atoms with Crippen LogP contribution in [0.15, 0.2) is 30.5 Å². The smallest absolute Gasteiger partial charge is 0.189 e. The minimum absolute atomic E-state index is 0.531. The molecule has 16 heavy (non-hydrogen) atoms. The van der Waals surface area contributed by atoms with Crippen LogP contribution in [0.25, 0.3) is 0 Å². The van der Waals surface area contributed by atoms with Crippen molar-refractivity contribution in [2.24, 2.45) is 0 Å². The van der Waals surface area contributed by atoms with Crippen molar-refractivity contribution in [3.05, 3.63) is 36.0 Å². The second kappa shape index (κ2) is 4.53. The summed E-state index contributed by atoms with van der Waals surface area (Å²) in [6.45, 7) is 4.36. The van der Waals surface area contributed by atoms with E-state index in [4.69, 9.17) is 5.73 Å². The van der Waals surface area contributed by atoms with Crippen LogP contribution in [0.2, 0.25) is 0 Å². The highest BCUT2D eigenvalue weighted by atomic mass is 32.1. The molecule has 4 heteroatoms. The summed E-state index contributed by atoms with van der Waals surface area (Å²) in [4.78, 5) is 4.17. The highest BCUT2D eigenvalue weighted by Crippen LogP contribution is 2.25. The van der Waals surface area contributed by atoms with Gasteiger partial charge in [-0.15, -0.1) is 0 Å². The number of anilines is 3. The number of nitrogens with zero attached hydrogens (tertiary/aromatic N) is 1. The van der Waals surface area contributed by atoms with E-state index in [9.17, 15) is 0 Å². The van der Waals surface area contributed by atoms with Gasteiger partial charge in [0.2, 0.25) is 0 Å². The monoisotopic (exact) mass is 233 g/mol. The van der Waals surface area contributed by atoms with Crippen molar-refractivity contribution in [3.63, 3.8) is 0 Å². The van der Waals surface area contributed by atoms with E-state index in [0.29, 0.717) is 5.92 Å². The number of nitrogens with one attached hydrogen (secondary N) is 1. The third kappa shape index (κ3) is 2.52. The Kier molecular flexibility index (Phi) is 3.10. The molecule has 3 N–H and O–H groups in total. The maximum Gasteiger partial charge on any atom is 0.189 e. The molecule has 0 aliphatic carbocycles. The van der Waals surface area contributed by atoms with Gasteiger partial charge in [-0.2, -0.15) is 0 Å². The molecule has 2 aromatic rings. The van der Waals surface area contributed by atoms with Gasteiger partial charge in [0.25, 0.3) is 0 Å². The molecule has 0 spiro atoms. The van der Waals surface area contributed by atoms with Crippen molar-refractivity contribution in [3.8, 4) is 0 Å². The van der Waals surface area contributed by atoms with Crippen molar-refractivity contribution >= 4 is 27.2 Å². The fourth-order valence-corrected chi connectivity index (χ4v) is 2.05. The molecule has 3 nitrogen and oxygen atoms in total. The summed E-state index contributed by atoms with van der Waals surface area (Å²) < 4.78 is 0. The van der Waals surface area contributed by atoms with Crippen LogP contribution in [0, 0.1) is 0 Å². The number of rotatable bonds is 3. The van der Waals surface area contributed by atoms with E-state index in [-0.39, 0.29) is 0 Å². The fourth-order valence-electron chi connectivity index (χ4n) is 1.44. The second-order valence-corrected chi connectivity index (χ2v) is 5.04. The summed E-state index contributed by atoms with van der Waals surface area (Å²) >= 11 is 1.45. The lowest BCUT2D eigenvalue weighted by atomic mass is 10.0. The number of hydrogen-bond acceptors (Lipinski definition) is 4. The predicted molar refractivity (Wildman–Crippen MR) is 70.3 cm³/mol. The molecule has 0 bridgehead atoms. The van der Waals surface area contributed by atoms with Crippen LogP contribution >= 0.6 is 11.3 Å². The summed E-state index contributed by atoms with van der Waals surface area (Å²) in [6.07, 6.45) is 1.67. The Bertz CT molecular complexity index is 477. The van der Waals surface area contributed by atoms with E-state index in [1.807, 2.05) is 6.07 Å². The minimum atomic E-state index is 0.531. The van der Waals surface area contributed by atoms with Gasteiger partial charge in [-0.1, -0.05) is 37.3 Å². The highest BCUT2D eigenvalue weighted by Gasteiger charge is 2.02. The van der Waals surface area contributed by atoms with Crippen LogP contribution in [0.1, 0.15) is 25.3 Å². The normalized spacial score (nSPS) is 10.7. The van der Waals surface area contributed by atoms with Crippen molar-refractivity contribution < 1.29 is 0 Å². The maximum absolute atomic E-state index is 5.63. The molecule has 0 aliphatic heterocycles. The number of nitrogens with two attached hydrogens (primary N) is 1. The molecule has 0 fully saturated rings. The number of nitrogen functional groups attached to an aromatic ring is 1. The Morgan fingerprint density at radius 2 is 2.19 bits per heavy atom. The Morgan fingerprint density at radius 3 is 2.81 bits per heavy atom. The van der Waals surface area contributed by atoms with Gasteiger partial charge < -0.3 is 11.1 Å². The number of thiazole rings is 1. The zero-order valence-corrected chi connectivity index (χ0v) is 10.2. The van der Waals surface area contributed by atoms with E-state index in [2.05, 4.69) is 42.3 Å². The van der Waals surface area contributed by atoms with Gasteiger partial charge >= 0.3 is 0 Å². The summed E-state index contributed by atoms with van der Waals surface area (Å²) in [7, 11) is 0. The zero-order valence-electron chi connectivity index (χ0n) is 9.40. The quantitative estimate of drug-likeness (QED) is 0.851. The lowest BCUT2D eigenvalue weighted by Gasteiger charge is -2.08. The highest BCUT2D eigenvalue weighted by molar-refractivity contribution is 7.19. The molecule has 0 atom stereocenters. The van der Waals surface area contributed by atoms with E-state index in [1.54, 1.807) is 6.20 Å². The molecule has 0 aliphatic rings. The molecule has 0 radical (unpaired) electrons. The van der Waals surface area contributed by atoms with Gasteiger partial charge in [0, 0.05) is 5.69 Å². The number of benzene rings is 1. The van der Waals surface area contributed by atoms with Gasteiger partial charge in [0.05, 0.1) is 6.20 Å². The minimum Gasteiger partial charge on any atom is -0.389 e. The first-order valence-electron chi connectivity index (χ1n) is 5.23. The molecule has 2 rings (SSSR count). The Hall–Kier alpha value is -1.55. The molecule has 1 aromatic heterocycles. The van der Waals surface area contributed by atoms with Crippen LogP contribution in [0.4, 0.5) is 15.8 Å². The summed E-state index contributed by atoms with van der Waals surface area (Å²) in [5, 5.41) is 4.80. The van der Waals surface area contributed by atoms with Crippen LogP contribution in [0.3, 0.4) is 0 Å². The van der Waals surface area contributed by atoms with Crippen LogP contribution < -0.4 is 11.1 Å². The van der Waals surface area contributed by atoms with Crippen LogP contribution in [0.5, 0.6) is 0 Å². The molecule has 0 saturated carbocycles. The first-order valence-corrected chi connectivity index (χ1v) is 6.05. The van der Waals surface area contributed by atoms with Gasteiger partial charge in [-0.25, -0.2) is 4.98 Å². The first-order chi connectivity index (χ1) is 7.65. The fraction of sp³-hybridized carbons (Fsp3) is 0.250. The first kappa shape index (κ1) is 11.0. The Morgan fingerprint density at radius 1 is 1.38 bits per heavy atom. The number of aromatic nitrogens is 1. The number of hydrogen-bond donors (Lipinski definition) is 2. The molecular formula is C12H15N3S. The lowest BCUT2D eigenvalue weighted by molar-refractivity contribution is 0.867. The summed E-state index contributed by atoms with van der Waals surface area (Å²) in [5.74, 6) is 0.531. The van der Waals surface area contributed by atoms with Crippen molar-refractivity contribution in [1.82, 2.24) is 4.98 Å². The molecule has 0 unspecified atom stereocenters. The van der Waals surface area contributed by atoms with E-state index in [1.165, 1.54) is 16.9 Å². The molecular weight excluding hydrogens is 218 g/mol. The lowest BCUT2D eigenvalue weighted by Crippen LogP contribution is -1.92. The Balaban J connectivity index is 2.18. The maximum atomic E-state index is 5.63. The topological polar surface area (TPSA) is 50.9 Å².